The summed E-state index contributed by atoms with van der Waals surface area (Å²) in [6.45, 7) is 7.17. The number of aromatic nitrogens is 1. The van der Waals surface area contributed by atoms with E-state index < -0.39 is 0 Å². The van der Waals surface area contributed by atoms with E-state index >= 15 is 0 Å². The number of Topliss-reactive ketones (excluding diaryl/α,β-unsaturated/α-hetero) is 1. The molecule has 0 saturated heterocycles. The molecular formula is C15H18N2O. The average molecular weight is 242 g/mol. The Bertz CT molecular complexity index is 614. The van der Waals surface area contributed by atoms with E-state index in [4.69, 9.17) is 0 Å². The zero-order valence-corrected chi connectivity index (χ0v) is 11.0. The smallest absolute Gasteiger partial charge is 0.182 e. The summed E-state index contributed by atoms with van der Waals surface area (Å²) in [7, 11) is 0. The molecule has 0 aliphatic carbocycles. The summed E-state index contributed by atoms with van der Waals surface area (Å²) in [5.41, 5.74) is 3.03. The monoisotopic (exact) mass is 242 g/mol. The minimum Gasteiger partial charge on any atom is -0.356 e. The van der Waals surface area contributed by atoms with Crippen LogP contribution in [0.2, 0.25) is 0 Å². The van der Waals surface area contributed by atoms with E-state index in [1.165, 1.54) is 0 Å². The number of ketones is 1. The second-order valence-electron chi connectivity index (χ2n) is 5.01. The average Bonchev–Trinajstić information content (AvgIpc) is 2.76. The number of hydrogen-bond donors (Lipinski definition) is 1. The van der Waals surface area contributed by atoms with Crippen molar-refractivity contribution in [2.75, 3.05) is 6.54 Å². The molecule has 0 fully saturated rings. The van der Waals surface area contributed by atoms with Crippen molar-refractivity contribution in [3.63, 3.8) is 0 Å². The topological polar surface area (TPSA) is 36.1 Å². The zero-order chi connectivity index (χ0) is 12.9. The predicted octanol–water partition coefficient (Wildman–Crippen LogP) is 3.14. The third kappa shape index (κ3) is 1.37. The van der Waals surface area contributed by atoms with E-state index in [-0.39, 0.29) is 17.9 Å². The zero-order valence-electron chi connectivity index (χ0n) is 11.0. The minimum absolute atomic E-state index is 0.0308. The van der Waals surface area contributed by atoms with Crippen LogP contribution in [0.3, 0.4) is 0 Å². The fourth-order valence-corrected chi connectivity index (χ4v) is 3.15. The quantitative estimate of drug-likeness (QED) is 0.834. The van der Waals surface area contributed by atoms with Crippen LogP contribution in [0.5, 0.6) is 0 Å². The number of benzene rings is 1. The molecule has 0 saturated carbocycles. The van der Waals surface area contributed by atoms with E-state index in [9.17, 15) is 4.79 Å². The minimum atomic E-state index is -0.0308. The van der Waals surface area contributed by atoms with E-state index in [2.05, 4.69) is 23.7 Å². The molecule has 1 aliphatic rings. The molecule has 0 radical (unpaired) electrons. The predicted molar refractivity (Wildman–Crippen MR) is 72.9 cm³/mol. The molecule has 1 aromatic heterocycles. The highest BCUT2D eigenvalue weighted by Crippen LogP contribution is 2.36. The number of rotatable bonds is 1. The molecule has 1 N–H and O–H groups in total. The molecule has 1 aromatic carbocycles. The van der Waals surface area contributed by atoms with Gasteiger partial charge in [-0.05, 0) is 26.5 Å². The van der Waals surface area contributed by atoms with Crippen molar-refractivity contribution in [2.45, 2.75) is 32.9 Å². The molecule has 2 unspecified atom stereocenters. The lowest BCUT2D eigenvalue weighted by Crippen LogP contribution is -2.45. The van der Waals surface area contributed by atoms with Crippen molar-refractivity contribution in [2.24, 2.45) is 0 Å². The summed E-state index contributed by atoms with van der Waals surface area (Å²) in [6.07, 6.45) is 0. The van der Waals surface area contributed by atoms with Crippen molar-refractivity contribution in [1.29, 1.82) is 0 Å². The number of hydrogen-bond acceptors (Lipinski definition) is 2. The van der Waals surface area contributed by atoms with Crippen LogP contribution in [0.4, 0.5) is 0 Å². The molecular weight excluding hydrogens is 224 g/mol. The van der Waals surface area contributed by atoms with Gasteiger partial charge in [0.15, 0.2) is 5.78 Å². The van der Waals surface area contributed by atoms with Gasteiger partial charge in [0.25, 0.3) is 0 Å². The first-order valence-electron chi connectivity index (χ1n) is 6.55. The van der Waals surface area contributed by atoms with Gasteiger partial charge in [0.1, 0.15) is 0 Å². The molecule has 2 atom stereocenters. The molecule has 18 heavy (non-hydrogen) atoms. The molecule has 3 heteroatoms. The molecule has 2 aromatic rings. The van der Waals surface area contributed by atoms with Gasteiger partial charge in [0, 0.05) is 28.2 Å². The fourth-order valence-electron chi connectivity index (χ4n) is 3.15. The number of H-pyrrole nitrogens is 1. The second kappa shape index (κ2) is 3.95. The van der Waals surface area contributed by atoms with Gasteiger partial charge in [0.05, 0.1) is 6.04 Å². The number of nitrogens with one attached hydrogen (secondary N) is 1. The highest BCUT2D eigenvalue weighted by molar-refractivity contribution is 6.12. The van der Waals surface area contributed by atoms with E-state index in [1.807, 2.05) is 31.2 Å². The lowest BCUT2D eigenvalue weighted by molar-refractivity contribution is 0.0735. The third-order valence-electron chi connectivity index (χ3n) is 4.14. The van der Waals surface area contributed by atoms with Crippen LogP contribution in [0.25, 0.3) is 10.9 Å². The molecule has 1 aliphatic heterocycles. The lowest BCUT2D eigenvalue weighted by Gasteiger charge is -2.36. The van der Waals surface area contributed by atoms with E-state index in [0.717, 1.165) is 28.7 Å². The van der Waals surface area contributed by atoms with Crippen LogP contribution >= 0.6 is 0 Å². The number of carbonyl (C=O) groups is 1. The molecule has 0 spiro atoms. The third-order valence-corrected chi connectivity index (χ3v) is 4.14. The van der Waals surface area contributed by atoms with Crippen molar-refractivity contribution in [3.8, 4) is 0 Å². The summed E-state index contributed by atoms with van der Waals surface area (Å²) >= 11 is 0. The molecule has 2 heterocycles. The van der Waals surface area contributed by atoms with Crippen LogP contribution in [0.1, 0.15) is 42.9 Å². The van der Waals surface area contributed by atoms with Crippen LogP contribution in [0.15, 0.2) is 24.3 Å². The van der Waals surface area contributed by atoms with Gasteiger partial charge in [-0.25, -0.2) is 0 Å². The van der Waals surface area contributed by atoms with Gasteiger partial charge in [0.2, 0.25) is 0 Å². The van der Waals surface area contributed by atoms with E-state index in [1.54, 1.807) is 0 Å². The highest BCUT2D eigenvalue weighted by Gasteiger charge is 2.36. The maximum Gasteiger partial charge on any atom is 0.182 e. The van der Waals surface area contributed by atoms with Crippen LogP contribution in [-0.2, 0) is 0 Å². The number of likely N-dealkylation sites (N-methyl/N-ethyl adjacent to an activating group) is 1. The van der Waals surface area contributed by atoms with Gasteiger partial charge in [-0.3, -0.25) is 9.69 Å². The Morgan fingerprint density at radius 3 is 2.67 bits per heavy atom. The maximum absolute atomic E-state index is 12.5. The van der Waals surface area contributed by atoms with Crippen LogP contribution < -0.4 is 0 Å². The Labute approximate surface area is 107 Å². The number of carbonyl (C=O) groups excluding carboxylic acids is 1. The van der Waals surface area contributed by atoms with Gasteiger partial charge in [-0.2, -0.15) is 0 Å². The first kappa shape index (κ1) is 11.5. The van der Waals surface area contributed by atoms with Gasteiger partial charge < -0.3 is 4.98 Å². The summed E-state index contributed by atoms with van der Waals surface area (Å²) in [6, 6.07) is 8.30. The molecule has 3 nitrogen and oxygen atoms in total. The Balaban J connectivity index is 2.28. The van der Waals surface area contributed by atoms with Crippen molar-refractivity contribution >= 4 is 16.7 Å². The Morgan fingerprint density at radius 2 is 1.94 bits per heavy atom. The standard InChI is InChI=1S/C15H18N2O/c1-4-17-9(2)14-13(15(18)10(17)3)11-7-5-6-8-12(11)16-14/h5-10,16H,4H2,1-3H3. The lowest BCUT2D eigenvalue weighted by atomic mass is 9.92. The summed E-state index contributed by atoms with van der Waals surface area (Å²) in [5.74, 6) is 0.238. The molecule has 3 rings (SSSR count). The van der Waals surface area contributed by atoms with Gasteiger partial charge in [-0.1, -0.05) is 25.1 Å². The number of aromatic amines is 1. The van der Waals surface area contributed by atoms with Crippen molar-refractivity contribution < 1.29 is 4.79 Å². The second-order valence-corrected chi connectivity index (χ2v) is 5.01. The first-order valence-corrected chi connectivity index (χ1v) is 6.55. The first-order chi connectivity index (χ1) is 8.65. The van der Waals surface area contributed by atoms with Crippen molar-refractivity contribution in [3.05, 3.63) is 35.5 Å². The Morgan fingerprint density at radius 1 is 1.22 bits per heavy atom. The van der Waals surface area contributed by atoms with Gasteiger partial charge in [-0.15, -0.1) is 0 Å². The Hall–Kier alpha value is -1.61. The number of nitrogens with zero attached hydrogens (tertiary/aromatic N) is 1. The summed E-state index contributed by atoms with van der Waals surface area (Å²) < 4.78 is 0. The molecule has 0 bridgehead atoms. The van der Waals surface area contributed by atoms with E-state index in [0.29, 0.717) is 0 Å². The number of fused-ring (bicyclic) bond motifs is 3. The van der Waals surface area contributed by atoms with Crippen molar-refractivity contribution in [1.82, 2.24) is 9.88 Å². The van der Waals surface area contributed by atoms with Gasteiger partial charge >= 0.3 is 0 Å². The Kier molecular flexibility index (Phi) is 2.52. The summed E-state index contributed by atoms with van der Waals surface area (Å²) in [5, 5.41) is 1.06. The highest BCUT2D eigenvalue weighted by atomic mass is 16.1. The fraction of sp³-hybridized carbons (Fsp3) is 0.400. The molecule has 0 amide bonds. The maximum atomic E-state index is 12.5. The largest absolute Gasteiger partial charge is 0.356 e. The normalized spacial score (nSPS) is 24.5. The SMILES string of the molecule is CCN1C(C)C(=O)c2c([nH]c3ccccc23)C1C. The van der Waals surface area contributed by atoms with Crippen LogP contribution in [-0.4, -0.2) is 28.3 Å². The van der Waals surface area contributed by atoms with Crippen LogP contribution in [0, 0.1) is 0 Å². The summed E-state index contributed by atoms with van der Waals surface area (Å²) in [4.78, 5) is 18.2. The molecule has 94 valence electrons. The number of para-hydroxylation sites is 1.